The normalized spacial score (nSPS) is 28.9. The van der Waals surface area contributed by atoms with Gasteiger partial charge in [-0.15, -0.1) is 0 Å². The minimum atomic E-state index is -0.900. The van der Waals surface area contributed by atoms with E-state index in [4.69, 9.17) is 4.74 Å². The molecule has 1 heterocycles. The van der Waals surface area contributed by atoms with Crippen LogP contribution in [0.3, 0.4) is 0 Å². The number of ketones is 1. The summed E-state index contributed by atoms with van der Waals surface area (Å²) in [6.07, 6.45) is 0. The Kier molecular flexibility index (Phi) is 2.44. The molecule has 0 N–H and O–H groups in total. The lowest BCUT2D eigenvalue weighted by Crippen LogP contribution is -2.37. The molecule has 0 spiro atoms. The van der Waals surface area contributed by atoms with Crippen LogP contribution in [0.1, 0.15) is 27.7 Å². The molecule has 1 rings (SSSR count). The summed E-state index contributed by atoms with van der Waals surface area (Å²) in [7, 11) is 1.27. The molecular formula is C10H16O4. The van der Waals surface area contributed by atoms with Crippen molar-refractivity contribution in [3.05, 3.63) is 0 Å². The van der Waals surface area contributed by atoms with Crippen molar-refractivity contribution in [1.82, 2.24) is 0 Å². The average molecular weight is 200 g/mol. The molecule has 0 radical (unpaired) electrons. The fourth-order valence-electron chi connectivity index (χ4n) is 1.94. The fraction of sp³-hybridized carbons (Fsp3) is 0.800. The van der Waals surface area contributed by atoms with Crippen LogP contribution in [0.4, 0.5) is 0 Å². The molecule has 1 aliphatic heterocycles. The molecule has 4 nitrogen and oxygen atoms in total. The van der Waals surface area contributed by atoms with E-state index < -0.39 is 23.1 Å². The molecule has 4 heteroatoms. The Bertz CT molecular complexity index is 278. The maximum atomic E-state index is 11.8. The summed E-state index contributed by atoms with van der Waals surface area (Å²) in [5, 5.41) is 0. The zero-order valence-corrected chi connectivity index (χ0v) is 9.21. The van der Waals surface area contributed by atoms with Crippen LogP contribution in [0, 0.1) is 5.92 Å². The number of rotatable bonds is 1. The Labute approximate surface area is 83.6 Å². The van der Waals surface area contributed by atoms with E-state index in [9.17, 15) is 9.59 Å². The monoisotopic (exact) mass is 200 g/mol. The second kappa shape index (κ2) is 3.05. The lowest BCUT2D eigenvalue weighted by molar-refractivity contribution is -0.152. The predicted octanol–water partition coefficient (Wildman–Crippen LogP) is 0.932. The second-order valence-corrected chi connectivity index (χ2v) is 4.54. The molecule has 1 atom stereocenters. The van der Waals surface area contributed by atoms with Gasteiger partial charge < -0.3 is 9.47 Å². The third-order valence-electron chi connectivity index (χ3n) is 2.51. The minimum Gasteiger partial charge on any atom is -0.468 e. The Morgan fingerprint density at radius 2 is 1.86 bits per heavy atom. The summed E-state index contributed by atoms with van der Waals surface area (Å²) >= 11 is 0. The van der Waals surface area contributed by atoms with Crippen molar-refractivity contribution in [2.24, 2.45) is 5.92 Å². The number of ether oxygens (including phenoxy) is 2. The van der Waals surface area contributed by atoms with Gasteiger partial charge in [0.1, 0.15) is 11.5 Å². The van der Waals surface area contributed by atoms with Crippen LogP contribution in [-0.4, -0.2) is 30.1 Å². The van der Waals surface area contributed by atoms with Crippen LogP contribution >= 0.6 is 0 Å². The highest BCUT2D eigenvalue weighted by Gasteiger charge is 2.57. The molecule has 80 valence electrons. The fourth-order valence-corrected chi connectivity index (χ4v) is 1.94. The van der Waals surface area contributed by atoms with Gasteiger partial charge in [-0.3, -0.25) is 9.59 Å². The first-order valence-electron chi connectivity index (χ1n) is 4.54. The molecule has 0 amide bonds. The van der Waals surface area contributed by atoms with E-state index >= 15 is 0 Å². The molecule has 0 aromatic carbocycles. The topological polar surface area (TPSA) is 52.6 Å². The first-order valence-corrected chi connectivity index (χ1v) is 4.54. The van der Waals surface area contributed by atoms with Gasteiger partial charge >= 0.3 is 5.97 Å². The van der Waals surface area contributed by atoms with E-state index in [1.54, 1.807) is 27.7 Å². The highest BCUT2D eigenvalue weighted by atomic mass is 16.6. The number of carbonyl (C=O) groups is 2. The summed E-state index contributed by atoms with van der Waals surface area (Å²) in [6.45, 7) is 6.78. The highest BCUT2D eigenvalue weighted by Crippen LogP contribution is 2.39. The van der Waals surface area contributed by atoms with Gasteiger partial charge in [0.05, 0.1) is 12.7 Å². The van der Waals surface area contributed by atoms with E-state index in [-0.39, 0.29) is 5.78 Å². The highest BCUT2D eigenvalue weighted by molar-refractivity contribution is 6.05. The maximum Gasteiger partial charge on any atom is 0.319 e. The maximum absolute atomic E-state index is 11.8. The Hall–Kier alpha value is -0.900. The molecule has 14 heavy (non-hydrogen) atoms. The van der Waals surface area contributed by atoms with E-state index in [0.29, 0.717) is 0 Å². The van der Waals surface area contributed by atoms with Crippen molar-refractivity contribution >= 4 is 11.8 Å². The number of hydrogen-bond acceptors (Lipinski definition) is 4. The number of esters is 1. The Morgan fingerprint density at radius 3 is 2.14 bits per heavy atom. The number of Topliss-reactive ketones (excluding diaryl/α,β-unsaturated/α-hetero) is 1. The van der Waals surface area contributed by atoms with Gasteiger partial charge in [0.2, 0.25) is 0 Å². The molecule has 1 saturated heterocycles. The number of hydrogen-bond donors (Lipinski definition) is 0. The van der Waals surface area contributed by atoms with E-state index in [1.165, 1.54) is 7.11 Å². The minimum absolute atomic E-state index is 0.214. The van der Waals surface area contributed by atoms with Crippen molar-refractivity contribution in [3.63, 3.8) is 0 Å². The quantitative estimate of drug-likeness (QED) is 0.467. The first-order chi connectivity index (χ1) is 6.22. The van der Waals surface area contributed by atoms with Gasteiger partial charge in [0.25, 0.3) is 0 Å². The smallest absolute Gasteiger partial charge is 0.319 e. The summed E-state index contributed by atoms with van der Waals surface area (Å²) < 4.78 is 10.1. The largest absolute Gasteiger partial charge is 0.468 e. The van der Waals surface area contributed by atoms with Crippen LogP contribution in [0.15, 0.2) is 0 Å². The molecule has 1 fully saturated rings. The van der Waals surface area contributed by atoms with Gasteiger partial charge in [-0.1, -0.05) is 0 Å². The van der Waals surface area contributed by atoms with Crippen molar-refractivity contribution in [3.8, 4) is 0 Å². The second-order valence-electron chi connectivity index (χ2n) is 4.54. The van der Waals surface area contributed by atoms with Crippen molar-refractivity contribution in [2.45, 2.75) is 38.9 Å². The molecule has 0 aromatic rings. The predicted molar refractivity (Wildman–Crippen MR) is 49.8 cm³/mol. The van der Waals surface area contributed by atoms with E-state index in [1.807, 2.05) is 0 Å². The van der Waals surface area contributed by atoms with Crippen LogP contribution < -0.4 is 0 Å². The SMILES string of the molecule is COC(=O)C1C(=O)C(C)(C)OC1(C)C. The summed E-state index contributed by atoms with van der Waals surface area (Å²) in [5.41, 5.74) is -1.68. The van der Waals surface area contributed by atoms with E-state index in [0.717, 1.165) is 0 Å². The van der Waals surface area contributed by atoms with Crippen molar-refractivity contribution < 1.29 is 19.1 Å². The number of methoxy groups -OCH3 is 1. The molecule has 1 aliphatic rings. The first kappa shape index (κ1) is 11.2. The standard InChI is InChI=1S/C10H16O4/c1-9(2)6(8(12)13-5)7(11)10(3,4)14-9/h6H,1-5H3. The van der Waals surface area contributed by atoms with Gasteiger partial charge in [0.15, 0.2) is 5.78 Å². The van der Waals surface area contributed by atoms with Crippen molar-refractivity contribution in [1.29, 1.82) is 0 Å². The molecular weight excluding hydrogens is 184 g/mol. The number of carbonyl (C=O) groups excluding carboxylic acids is 2. The Morgan fingerprint density at radius 1 is 1.36 bits per heavy atom. The van der Waals surface area contributed by atoms with Gasteiger partial charge in [-0.25, -0.2) is 0 Å². The van der Waals surface area contributed by atoms with Gasteiger partial charge in [0, 0.05) is 0 Å². The summed E-state index contributed by atoms with van der Waals surface area (Å²) in [6, 6.07) is 0. The average Bonchev–Trinajstić information content (AvgIpc) is 2.16. The Balaban J connectivity index is 3.06. The molecule has 0 saturated carbocycles. The lowest BCUT2D eigenvalue weighted by Gasteiger charge is -2.24. The molecule has 1 unspecified atom stereocenters. The molecule has 0 aliphatic carbocycles. The van der Waals surface area contributed by atoms with Crippen LogP contribution in [0.5, 0.6) is 0 Å². The van der Waals surface area contributed by atoms with Crippen LogP contribution in [0.25, 0.3) is 0 Å². The van der Waals surface area contributed by atoms with Crippen LogP contribution in [0.2, 0.25) is 0 Å². The molecule has 0 aromatic heterocycles. The van der Waals surface area contributed by atoms with Crippen LogP contribution in [-0.2, 0) is 19.1 Å². The summed E-state index contributed by atoms with van der Waals surface area (Å²) in [5.74, 6) is -1.55. The zero-order valence-electron chi connectivity index (χ0n) is 9.21. The summed E-state index contributed by atoms with van der Waals surface area (Å²) in [4.78, 5) is 23.2. The van der Waals surface area contributed by atoms with Gasteiger partial charge in [-0.05, 0) is 27.7 Å². The third-order valence-corrected chi connectivity index (χ3v) is 2.51. The van der Waals surface area contributed by atoms with Gasteiger partial charge in [-0.2, -0.15) is 0 Å². The third kappa shape index (κ3) is 1.54. The van der Waals surface area contributed by atoms with Crippen molar-refractivity contribution in [2.75, 3.05) is 7.11 Å². The molecule has 0 bridgehead atoms. The van der Waals surface area contributed by atoms with E-state index in [2.05, 4.69) is 4.74 Å². The zero-order chi connectivity index (χ0) is 11.1. The lowest BCUT2D eigenvalue weighted by atomic mass is 9.86.